The first kappa shape index (κ1) is 43.2. The molecule has 0 heterocycles. The summed E-state index contributed by atoms with van der Waals surface area (Å²) >= 11 is 0. The van der Waals surface area contributed by atoms with Gasteiger partial charge in [-0.3, -0.25) is 0 Å². The van der Waals surface area contributed by atoms with Crippen molar-refractivity contribution in [1.82, 2.24) is 10.2 Å². The number of alkyl carbamates (subject to hydrolysis) is 1. The van der Waals surface area contributed by atoms with E-state index in [1.54, 1.807) is 0 Å². The Morgan fingerprint density at radius 3 is 1.02 bits per heavy atom. The molecular weight excluding hydrogens is 540 g/mol. The average Bonchev–Trinajstić information content (AvgIpc) is 3.00. The van der Waals surface area contributed by atoms with Crippen molar-refractivity contribution in [2.75, 3.05) is 27.2 Å². The predicted octanol–water partition coefficient (Wildman–Crippen LogP) is 13.2. The van der Waals surface area contributed by atoms with Gasteiger partial charge in [-0.1, -0.05) is 194 Å². The van der Waals surface area contributed by atoms with Gasteiger partial charge in [-0.2, -0.15) is 0 Å². The Kier molecular flexibility index (Phi) is 36.1. The van der Waals surface area contributed by atoms with Crippen molar-refractivity contribution in [3.63, 3.8) is 0 Å². The molecule has 0 unspecified atom stereocenters. The van der Waals surface area contributed by atoms with Gasteiger partial charge in [0.25, 0.3) is 0 Å². The second-order valence-electron chi connectivity index (χ2n) is 14.2. The summed E-state index contributed by atoms with van der Waals surface area (Å²) in [5, 5.41) is 2.95. The van der Waals surface area contributed by atoms with Crippen LogP contribution in [0.3, 0.4) is 0 Å². The first-order chi connectivity index (χ1) is 21.6. The maximum atomic E-state index is 12.4. The molecule has 0 aliphatic carbocycles. The van der Waals surface area contributed by atoms with Gasteiger partial charge in [0, 0.05) is 13.1 Å². The van der Waals surface area contributed by atoms with Gasteiger partial charge < -0.3 is 15.0 Å². The molecule has 0 bridgehead atoms. The number of unbranched alkanes of at least 4 members (excludes halogenated alkanes) is 28. The number of amides is 1. The zero-order valence-corrected chi connectivity index (χ0v) is 30.9. The molecule has 44 heavy (non-hydrogen) atoms. The minimum absolute atomic E-state index is 0.0818. The average molecular weight is 623 g/mol. The molecule has 0 spiro atoms. The van der Waals surface area contributed by atoms with E-state index < -0.39 is 0 Å². The monoisotopic (exact) mass is 623 g/mol. The van der Waals surface area contributed by atoms with Gasteiger partial charge >= 0.3 is 6.09 Å². The zero-order valence-electron chi connectivity index (χ0n) is 30.9. The number of ether oxygens (including phenoxy) is 1. The highest BCUT2D eigenvalue weighted by Crippen LogP contribution is 2.19. The fraction of sp³-hybridized carbons (Fsp3) is 0.975. The van der Waals surface area contributed by atoms with E-state index in [2.05, 4.69) is 24.1 Å². The highest BCUT2D eigenvalue weighted by atomic mass is 16.6. The molecular formula is C40H82N2O2. The van der Waals surface area contributed by atoms with Crippen LogP contribution >= 0.6 is 0 Å². The van der Waals surface area contributed by atoms with Crippen molar-refractivity contribution in [1.29, 1.82) is 0 Å². The normalized spacial score (nSPS) is 11.6. The quantitative estimate of drug-likeness (QED) is 0.0707. The van der Waals surface area contributed by atoms with Crippen LogP contribution in [0.2, 0.25) is 0 Å². The van der Waals surface area contributed by atoms with E-state index in [4.69, 9.17) is 4.74 Å². The smallest absolute Gasteiger partial charge is 0.407 e. The van der Waals surface area contributed by atoms with Crippen molar-refractivity contribution in [3.8, 4) is 0 Å². The van der Waals surface area contributed by atoms with E-state index in [-0.39, 0.29) is 12.2 Å². The molecule has 0 fully saturated rings. The van der Waals surface area contributed by atoms with Crippen LogP contribution in [0.5, 0.6) is 0 Å². The number of hydrogen-bond donors (Lipinski definition) is 1. The number of nitrogens with zero attached hydrogens (tertiary/aromatic N) is 1. The number of carbonyl (C=O) groups excluding carboxylic acids is 1. The molecule has 0 aliphatic heterocycles. The molecule has 4 nitrogen and oxygen atoms in total. The fourth-order valence-corrected chi connectivity index (χ4v) is 6.32. The van der Waals surface area contributed by atoms with E-state index in [0.717, 1.165) is 19.4 Å². The van der Waals surface area contributed by atoms with E-state index in [1.165, 1.54) is 193 Å². The number of rotatable bonds is 36. The first-order valence-electron chi connectivity index (χ1n) is 20.2. The highest BCUT2D eigenvalue weighted by molar-refractivity contribution is 5.67. The summed E-state index contributed by atoms with van der Waals surface area (Å²) in [6.07, 6.45) is 43.5. The summed E-state index contributed by atoms with van der Waals surface area (Å²) in [5.74, 6) is 0. The van der Waals surface area contributed by atoms with Crippen molar-refractivity contribution >= 4 is 6.09 Å². The summed E-state index contributed by atoms with van der Waals surface area (Å²) in [6, 6.07) is 0. The van der Waals surface area contributed by atoms with Gasteiger partial charge in [0.05, 0.1) is 0 Å². The summed E-state index contributed by atoms with van der Waals surface area (Å²) in [5.41, 5.74) is 0. The second-order valence-corrected chi connectivity index (χ2v) is 14.2. The van der Waals surface area contributed by atoms with E-state index in [0.29, 0.717) is 6.54 Å². The van der Waals surface area contributed by atoms with Gasteiger partial charge in [-0.25, -0.2) is 4.79 Å². The first-order valence-corrected chi connectivity index (χ1v) is 20.2. The maximum Gasteiger partial charge on any atom is 0.407 e. The molecule has 0 aliphatic rings. The molecule has 0 saturated heterocycles. The van der Waals surface area contributed by atoms with Crippen LogP contribution < -0.4 is 5.32 Å². The van der Waals surface area contributed by atoms with Crippen LogP contribution in [0.4, 0.5) is 4.79 Å². The minimum Gasteiger partial charge on any atom is -0.446 e. The molecule has 1 N–H and O–H groups in total. The lowest BCUT2D eigenvalue weighted by molar-refractivity contribution is 0.0837. The third-order valence-corrected chi connectivity index (χ3v) is 9.36. The molecule has 0 radical (unpaired) electrons. The summed E-state index contributed by atoms with van der Waals surface area (Å²) < 4.78 is 5.90. The molecule has 4 heteroatoms. The Hall–Kier alpha value is -0.770. The highest BCUT2D eigenvalue weighted by Gasteiger charge is 2.14. The van der Waals surface area contributed by atoms with Crippen molar-refractivity contribution < 1.29 is 9.53 Å². The fourth-order valence-electron chi connectivity index (χ4n) is 6.32. The minimum atomic E-state index is -0.223. The number of nitrogens with one attached hydrogen (secondary N) is 1. The molecule has 264 valence electrons. The van der Waals surface area contributed by atoms with Crippen molar-refractivity contribution in [2.45, 2.75) is 225 Å². The third kappa shape index (κ3) is 35.7. The lowest BCUT2D eigenvalue weighted by atomic mass is 10.0. The third-order valence-electron chi connectivity index (χ3n) is 9.36. The Balaban J connectivity index is 3.87. The Labute approximate surface area is 278 Å². The van der Waals surface area contributed by atoms with E-state index in [9.17, 15) is 4.79 Å². The number of likely N-dealkylation sites (N-methyl/N-ethyl adjacent to an activating group) is 1. The topological polar surface area (TPSA) is 41.6 Å². The standard InChI is InChI=1S/C40H82N2O2/c1-5-7-9-11-13-15-17-19-21-23-25-27-29-31-33-35-39(44-40(43)41-37-38-42(3)4)36-34-32-30-28-26-24-22-20-18-16-14-12-10-8-6-2/h39H,5-38H2,1-4H3,(H,41,43). The van der Waals surface area contributed by atoms with Crippen LogP contribution in [0.15, 0.2) is 0 Å². The Morgan fingerprint density at radius 1 is 0.477 bits per heavy atom. The van der Waals surface area contributed by atoms with Gasteiger partial charge in [-0.05, 0) is 39.8 Å². The number of carbonyl (C=O) groups is 1. The van der Waals surface area contributed by atoms with Crippen LogP contribution in [0.1, 0.15) is 219 Å². The molecule has 0 saturated carbocycles. The largest absolute Gasteiger partial charge is 0.446 e. The van der Waals surface area contributed by atoms with Crippen LogP contribution in [0.25, 0.3) is 0 Å². The summed E-state index contributed by atoms with van der Waals surface area (Å²) in [7, 11) is 4.06. The zero-order chi connectivity index (χ0) is 32.2. The Bertz CT molecular complexity index is 519. The molecule has 0 aromatic heterocycles. The SMILES string of the molecule is CCCCCCCCCCCCCCCCCC(CCCCCCCCCCCCCCCCC)OC(=O)NCCN(C)C. The second kappa shape index (κ2) is 36.7. The number of hydrogen-bond acceptors (Lipinski definition) is 3. The van der Waals surface area contributed by atoms with Crippen LogP contribution in [-0.2, 0) is 4.74 Å². The predicted molar refractivity (Wildman–Crippen MR) is 196 cm³/mol. The van der Waals surface area contributed by atoms with Gasteiger partial charge in [0.15, 0.2) is 0 Å². The maximum absolute atomic E-state index is 12.4. The van der Waals surface area contributed by atoms with Crippen LogP contribution in [-0.4, -0.2) is 44.3 Å². The molecule has 0 aromatic rings. The molecule has 0 aromatic carbocycles. The molecule has 1 amide bonds. The molecule has 0 rings (SSSR count). The lowest BCUT2D eigenvalue weighted by Crippen LogP contribution is -2.34. The van der Waals surface area contributed by atoms with Gasteiger partial charge in [0.2, 0.25) is 0 Å². The summed E-state index contributed by atoms with van der Waals surface area (Å²) in [6.45, 7) is 6.08. The lowest BCUT2D eigenvalue weighted by Gasteiger charge is -2.19. The van der Waals surface area contributed by atoms with Crippen molar-refractivity contribution in [3.05, 3.63) is 0 Å². The molecule has 0 atom stereocenters. The van der Waals surface area contributed by atoms with Crippen molar-refractivity contribution in [2.24, 2.45) is 0 Å². The van der Waals surface area contributed by atoms with Gasteiger partial charge in [-0.15, -0.1) is 0 Å². The Morgan fingerprint density at radius 2 is 0.750 bits per heavy atom. The van der Waals surface area contributed by atoms with E-state index in [1.807, 2.05) is 14.1 Å². The summed E-state index contributed by atoms with van der Waals surface area (Å²) in [4.78, 5) is 14.5. The van der Waals surface area contributed by atoms with Crippen LogP contribution in [0, 0.1) is 0 Å². The van der Waals surface area contributed by atoms with Gasteiger partial charge in [0.1, 0.15) is 6.10 Å². The van der Waals surface area contributed by atoms with E-state index >= 15 is 0 Å².